The number of rotatable bonds is 8. The number of guanidine groups is 1. The zero-order chi connectivity index (χ0) is 22.8. The van der Waals surface area contributed by atoms with Crippen molar-refractivity contribution in [2.45, 2.75) is 6.42 Å². The van der Waals surface area contributed by atoms with Gasteiger partial charge < -0.3 is 29.7 Å². The van der Waals surface area contributed by atoms with Gasteiger partial charge in [-0.3, -0.25) is 14.7 Å². The van der Waals surface area contributed by atoms with E-state index in [1.165, 1.54) is 0 Å². The fourth-order valence-electron chi connectivity index (χ4n) is 3.66. The van der Waals surface area contributed by atoms with Crippen LogP contribution >= 0.6 is 0 Å². The van der Waals surface area contributed by atoms with E-state index in [2.05, 4.69) is 15.1 Å². The van der Waals surface area contributed by atoms with Crippen LogP contribution in [0.5, 0.6) is 0 Å². The van der Waals surface area contributed by atoms with Gasteiger partial charge in [-0.15, -0.1) is 0 Å². The lowest BCUT2D eigenvalue weighted by molar-refractivity contribution is -0.136. The topological polar surface area (TPSA) is 107 Å². The number of hydrogen-bond donors (Lipinski definition) is 2. The monoisotopic (exact) mass is 447 g/mol. The van der Waals surface area contributed by atoms with E-state index in [1.54, 1.807) is 31.4 Å². The SMILES string of the molecule is COCCCN=C(Nc1ccc(C(=O)O)cc1)N1CCN(CC(=O)N2CCOCC2)CC1. The molecule has 0 saturated carbocycles. The molecular weight excluding hydrogens is 414 g/mol. The number of methoxy groups -OCH3 is 1. The van der Waals surface area contributed by atoms with Gasteiger partial charge >= 0.3 is 5.97 Å². The Balaban J connectivity index is 1.56. The van der Waals surface area contributed by atoms with Crippen molar-refractivity contribution in [1.29, 1.82) is 0 Å². The van der Waals surface area contributed by atoms with E-state index >= 15 is 0 Å². The maximum Gasteiger partial charge on any atom is 0.335 e. The number of aliphatic imine (C=N–C) groups is 1. The first kappa shape index (κ1) is 24.0. The third-order valence-electron chi connectivity index (χ3n) is 5.55. The van der Waals surface area contributed by atoms with Crippen molar-refractivity contribution >= 4 is 23.5 Å². The summed E-state index contributed by atoms with van der Waals surface area (Å²) < 4.78 is 10.4. The number of piperazine rings is 1. The standard InChI is InChI=1S/C22H33N5O5/c1-31-14-2-7-23-22(24-19-5-3-18(4-6-19)21(29)30)27-10-8-25(9-11-27)17-20(28)26-12-15-32-16-13-26/h3-6H,2,7-17H2,1H3,(H,23,24)(H,29,30). The van der Waals surface area contributed by atoms with Gasteiger partial charge in [-0.25, -0.2) is 4.79 Å². The number of carbonyl (C=O) groups is 2. The van der Waals surface area contributed by atoms with E-state index in [-0.39, 0.29) is 11.5 Å². The molecule has 1 aromatic carbocycles. The van der Waals surface area contributed by atoms with Crippen molar-refractivity contribution in [3.05, 3.63) is 29.8 Å². The third kappa shape index (κ3) is 7.18. The van der Waals surface area contributed by atoms with E-state index in [4.69, 9.17) is 19.6 Å². The van der Waals surface area contributed by atoms with Crippen LogP contribution in [0.25, 0.3) is 0 Å². The van der Waals surface area contributed by atoms with E-state index in [9.17, 15) is 9.59 Å². The van der Waals surface area contributed by atoms with E-state index in [1.807, 2.05) is 4.90 Å². The number of amides is 1. The molecule has 10 heteroatoms. The number of nitrogens with zero attached hydrogens (tertiary/aromatic N) is 4. The molecule has 0 aromatic heterocycles. The van der Waals surface area contributed by atoms with Gasteiger partial charge in [-0.1, -0.05) is 0 Å². The van der Waals surface area contributed by atoms with Crippen LogP contribution in [0.15, 0.2) is 29.3 Å². The number of benzene rings is 1. The zero-order valence-electron chi connectivity index (χ0n) is 18.7. The molecule has 0 aliphatic carbocycles. The molecule has 0 atom stereocenters. The molecule has 0 radical (unpaired) electrons. The number of morpholine rings is 1. The molecule has 0 unspecified atom stereocenters. The predicted octanol–water partition coefficient (Wildman–Crippen LogP) is 0.666. The van der Waals surface area contributed by atoms with Crippen LogP contribution in [0.4, 0.5) is 5.69 Å². The lowest BCUT2D eigenvalue weighted by Crippen LogP contribution is -2.53. The summed E-state index contributed by atoms with van der Waals surface area (Å²) >= 11 is 0. The Morgan fingerprint density at radius 2 is 1.75 bits per heavy atom. The molecular formula is C22H33N5O5. The molecule has 2 saturated heterocycles. The molecule has 1 aromatic rings. The fourth-order valence-corrected chi connectivity index (χ4v) is 3.66. The minimum Gasteiger partial charge on any atom is -0.478 e. The average Bonchev–Trinajstić information content (AvgIpc) is 2.82. The number of nitrogens with one attached hydrogen (secondary N) is 1. The second-order valence-corrected chi connectivity index (χ2v) is 7.82. The van der Waals surface area contributed by atoms with Gasteiger partial charge in [-0.05, 0) is 30.7 Å². The summed E-state index contributed by atoms with van der Waals surface area (Å²) in [6.07, 6.45) is 0.813. The Morgan fingerprint density at radius 1 is 1.06 bits per heavy atom. The largest absolute Gasteiger partial charge is 0.478 e. The first-order chi connectivity index (χ1) is 15.6. The maximum atomic E-state index is 12.5. The van der Waals surface area contributed by atoms with Gasteiger partial charge in [0, 0.05) is 65.2 Å². The van der Waals surface area contributed by atoms with Gasteiger partial charge in [0.2, 0.25) is 5.91 Å². The number of anilines is 1. The number of hydrogen-bond acceptors (Lipinski definition) is 6. The summed E-state index contributed by atoms with van der Waals surface area (Å²) in [5.74, 6) is -0.0389. The molecule has 2 aliphatic heterocycles. The van der Waals surface area contributed by atoms with Crippen molar-refractivity contribution in [2.75, 3.05) is 84.6 Å². The summed E-state index contributed by atoms with van der Waals surface area (Å²) in [5.41, 5.74) is 1.03. The van der Waals surface area contributed by atoms with Crippen molar-refractivity contribution in [2.24, 2.45) is 4.99 Å². The van der Waals surface area contributed by atoms with Gasteiger partial charge in [0.15, 0.2) is 5.96 Å². The van der Waals surface area contributed by atoms with E-state index < -0.39 is 5.97 Å². The molecule has 3 rings (SSSR count). The number of carboxylic acid groups (broad SMARTS) is 1. The summed E-state index contributed by atoms with van der Waals surface area (Å²) in [4.78, 5) is 34.6. The normalized spacial score (nSPS) is 18.0. The highest BCUT2D eigenvalue weighted by molar-refractivity contribution is 5.94. The van der Waals surface area contributed by atoms with E-state index in [0.717, 1.165) is 44.2 Å². The Hall–Kier alpha value is -2.69. The van der Waals surface area contributed by atoms with Gasteiger partial charge in [0.05, 0.1) is 25.3 Å². The Morgan fingerprint density at radius 3 is 2.38 bits per heavy atom. The number of carboxylic acids is 1. The molecule has 0 spiro atoms. The van der Waals surface area contributed by atoms with Crippen molar-refractivity contribution in [1.82, 2.24) is 14.7 Å². The average molecular weight is 448 g/mol. The zero-order valence-corrected chi connectivity index (χ0v) is 18.7. The summed E-state index contributed by atoms with van der Waals surface area (Å²) in [6, 6.07) is 6.63. The molecule has 10 nitrogen and oxygen atoms in total. The Kier molecular flexibility index (Phi) is 9.27. The molecule has 0 bridgehead atoms. The lowest BCUT2D eigenvalue weighted by atomic mass is 10.2. The quantitative estimate of drug-likeness (QED) is 0.340. The number of ether oxygens (including phenoxy) is 2. The molecule has 1 amide bonds. The highest BCUT2D eigenvalue weighted by atomic mass is 16.5. The highest BCUT2D eigenvalue weighted by Gasteiger charge is 2.24. The fraction of sp³-hybridized carbons (Fsp3) is 0.591. The van der Waals surface area contributed by atoms with Crippen LogP contribution in [0.2, 0.25) is 0 Å². The molecule has 2 aliphatic rings. The van der Waals surface area contributed by atoms with Crippen molar-refractivity contribution < 1.29 is 24.2 Å². The molecule has 2 fully saturated rings. The third-order valence-corrected chi connectivity index (χ3v) is 5.55. The summed E-state index contributed by atoms with van der Waals surface area (Å²) in [6.45, 7) is 7.30. The predicted molar refractivity (Wildman–Crippen MR) is 121 cm³/mol. The molecule has 2 N–H and O–H groups in total. The van der Waals surface area contributed by atoms with Crippen molar-refractivity contribution in [3.63, 3.8) is 0 Å². The molecule has 176 valence electrons. The van der Waals surface area contributed by atoms with Crippen molar-refractivity contribution in [3.8, 4) is 0 Å². The minimum atomic E-state index is -0.951. The number of carbonyl (C=O) groups excluding carboxylic acids is 1. The smallest absolute Gasteiger partial charge is 0.335 e. The Bertz CT molecular complexity index is 771. The van der Waals surface area contributed by atoms with Gasteiger partial charge in [0.25, 0.3) is 0 Å². The van der Waals surface area contributed by atoms with Crippen LogP contribution in [0.1, 0.15) is 16.8 Å². The lowest BCUT2D eigenvalue weighted by Gasteiger charge is -2.37. The first-order valence-corrected chi connectivity index (χ1v) is 11.0. The molecule has 32 heavy (non-hydrogen) atoms. The van der Waals surface area contributed by atoms with E-state index in [0.29, 0.717) is 46.0 Å². The minimum absolute atomic E-state index is 0.159. The van der Waals surface area contributed by atoms with Gasteiger partial charge in [-0.2, -0.15) is 0 Å². The van der Waals surface area contributed by atoms with Crippen LogP contribution < -0.4 is 5.32 Å². The number of aromatic carboxylic acids is 1. The Labute approximate surface area is 188 Å². The first-order valence-electron chi connectivity index (χ1n) is 11.0. The van der Waals surface area contributed by atoms with Crippen LogP contribution in [0.3, 0.4) is 0 Å². The molecule has 2 heterocycles. The van der Waals surface area contributed by atoms with Crippen LogP contribution in [-0.4, -0.2) is 117 Å². The maximum absolute atomic E-state index is 12.5. The van der Waals surface area contributed by atoms with Gasteiger partial charge in [0.1, 0.15) is 0 Å². The highest BCUT2D eigenvalue weighted by Crippen LogP contribution is 2.12. The second-order valence-electron chi connectivity index (χ2n) is 7.82. The summed E-state index contributed by atoms with van der Waals surface area (Å²) in [5, 5.41) is 12.4. The van der Waals surface area contributed by atoms with Crippen LogP contribution in [-0.2, 0) is 14.3 Å². The van der Waals surface area contributed by atoms with Crippen LogP contribution in [0, 0.1) is 0 Å². The second kappa shape index (κ2) is 12.4. The summed E-state index contributed by atoms with van der Waals surface area (Å²) in [7, 11) is 1.67.